The summed E-state index contributed by atoms with van der Waals surface area (Å²) in [6.45, 7) is 1.44. The highest BCUT2D eigenvalue weighted by Crippen LogP contribution is 2.37. The van der Waals surface area contributed by atoms with Crippen LogP contribution < -0.4 is 4.74 Å². The van der Waals surface area contributed by atoms with E-state index in [1.807, 2.05) is 18.2 Å². The van der Waals surface area contributed by atoms with Crippen LogP contribution in [0.5, 0.6) is 5.75 Å². The minimum atomic E-state index is -0.702. The van der Waals surface area contributed by atoms with Gasteiger partial charge in [-0.2, -0.15) is 0 Å². The molecule has 1 fully saturated rings. The first-order chi connectivity index (χ1) is 13.7. The standard InChI is InChI=1S/C24H25NO3/c1-28-20-11-4-9-18(15-20)23(25-14-6-10-19(16-25)24(26)27)22-13-5-8-17-7-2-3-12-21(17)22/h2-5,7-9,11-13,15,19,23H,6,10,14,16H2,1H3,(H,26,27). The number of rotatable bonds is 5. The third-order valence-corrected chi connectivity index (χ3v) is 5.69. The Balaban J connectivity index is 1.84. The number of carboxylic acid groups (broad SMARTS) is 1. The van der Waals surface area contributed by atoms with Crippen molar-refractivity contribution >= 4 is 16.7 Å². The van der Waals surface area contributed by atoms with Gasteiger partial charge in [-0.1, -0.05) is 54.6 Å². The molecule has 28 heavy (non-hydrogen) atoms. The van der Waals surface area contributed by atoms with E-state index in [-0.39, 0.29) is 12.0 Å². The third-order valence-electron chi connectivity index (χ3n) is 5.69. The maximum Gasteiger partial charge on any atom is 0.307 e. The molecule has 0 bridgehead atoms. The van der Waals surface area contributed by atoms with Crippen LogP contribution in [0.2, 0.25) is 0 Å². The van der Waals surface area contributed by atoms with Gasteiger partial charge in [-0.15, -0.1) is 0 Å². The normalized spacial score (nSPS) is 18.7. The van der Waals surface area contributed by atoms with Gasteiger partial charge in [0.15, 0.2) is 0 Å². The molecule has 0 spiro atoms. The number of piperidine rings is 1. The van der Waals surface area contributed by atoms with Gasteiger partial charge in [0.1, 0.15) is 5.75 Å². The molecular weight excluding hydrogens is 350 g/mol. The molecule has 2 atom stereocenters. The summed E-state index contributed by atoms with van der Waals surface area (Å²) < 4.78 is 5.46. The summed E-state index contributed by atoms with van der Waals surface area (Å²) in [4.78, 5) is 14.0. The second-order valence-corrected chi connectivity index (χ2v) is 7.42. The van der Waals surface area contributed by atoms with Crippen LogP contribution in [-0.2, 0) is 4.79 Å². The smallest absolute Gasteiger partial charge is 0.307 e. The summed E-state index contributed by atoms with van der Waals surface area (Å²) in [6, 6.07) is 22.9. The minimum Gasteiger partial charge on any atom is -0.497 e. The molecule has 1 aliphatic heterocycles. The van der Waals surface area contributed by atoms with Gasteiger partial charge in [0, 0.05) is 6.54 Å². The Labute approximate surface area is 165 Å². The lowest BCUT2D eigenvalue weighted by Gasteiger charge is -2.38. The number of benzene rings is 3. The first-order valence-electron chi connectivity index (χ1n) is 9.76. The Bertz CT molecular complexity index is 979. The van der Waals surface area contributed by atoms with Crippen LogP contribution in [0, 0.1) is 5.92 Å². The van der Waals surface area contributed by atoms with Crippen molar-refractivity contribution in [3.8, 4) is 5.75 Å². The van der Waals surface area contributed by atoms with E-state index in [1.165, 1.54) is 16.3 Å². The highest BCUT2D eigenvalue weighted by Gasteiger charge is 2.32. The van der Waals surface area contributed by atoms with Gasteiger partial charge >= 0.3 is 5.97 Å². The molecule has 0 aliphatic carbocycles. The number of methoxy groups -OCH3 is 1. The van der Waals surface area contributed by atoms with Crippen LogP contribution >= 0.6 is 0 Å². The molecule has 0 radical (unpaired) electrons. The number of fused-ring (bicyclic) bond motifs is 1. The number of ether oxygens (including phenoxy) is 1. The summed E-state index contributed by atoms with van der Waals surface area (Å²) in [7, 11) is 1.67. The van der Waals surface area contributed by atoms with Crippen LogP contribution in [0.1, 0.15) is 30.0 Å². The number of hydrogen-bond acceptors (Lipinski definition) is 3. The molecular formula is C24H25NO3. The van der Waals surface area contributed by atoms with Crippen molar-refractivity contribution in [2.75, 3.05) is 20.2 Å². The fourth-order valence-electron chi connectivity index (χ4n) is 4.33. The molecule has 4 rings (SSSR count). The van der Waals surface area contributed by atoms with Crippen molar-refractivity contribution in [2.45, 2.75) is 18.9 Å². The lowest BCUT2D eigenvalue weighted by molar-refractivity contribution is -0.143. The molecule has 1 aliphatic rings. The summed E-state index contributed by atoms with van der Waals surface area (Å²) in [5, 5.41) is 12.0. The Morgan fingerprint density at radius 1 is 1.11 bits per heavy atom. The number of likely N-dealkylation sites (tertiary alicyclic amines) is 1. The number of carbonyl (C=O) groups is 1. The van der Waals surface area contributed by atoms with Gasteiger partial charge in [0.05, 0.1) is 19.1 Å². The molecule has 0 amide bonds. The van der Waals surface area contributed by atoms with Crippen molar-refractivity contribution in [3.05, 3.63) is 77.9 Å². The molecule has 0 aromatic heterocycles. The Morgan fingerprint density at radius 2 is 1.89 bits per heavy atom. The minimum absolute atomic E-state index is 0.0108. The lowest BCUT2D eigenvalue weighted by atomic mass is 9.89. The summed E-state index contributed by atoms with van der Waals surface area (Å²) >= 11 is 0. The largest absolute Gasteiger partial charge is 0.497 e. The van der Waals surface area contributed by atoms with Crippen LogP contribution in [0.25, 0.3) is 10.8 Å². The zero-order valence-corrected chi connectivity index (χ0v) is 16.0. The van der Waals surface area contributed by atoms with Gasteiger partial charge in [0.25, 0.3) is 0 Å². The third kappa shape index (κ3) is 3.60. The average Bonchev–Trinajstić information content (AvgIpc) is 2.74. The highest BCUT2D eigenvalue weighted by atomic mass is 16.5. The Hall–Kier alpha value is -2.85. The summed E-state index contributed by atoms with van der Waals surface area (Å²) in [6.07, 6.45) is 1.63. The van der Waals surface area contributed by atoms with E-state index in [0.29, 0.717) is 6.54 Å². The Morgan fingerprint density at radius 3 is 2.71 bits per heavy atom. The van der Waals surface area contributed by atoms with E-state index in [1.54, 1.807) is 7.11 Å². The predicted octanol–water partition coefficient (Wildman–Crippen LogP) is 4.73. The fraction of sp³-hybridized carbons (Fsp3) is 0.292. The number of aliphatic carboxylic acids is 1. The van der Waals surface area contributed by atoms with E-state index in [0.717, 1.165) is 30.7 Å². The van der Waals surface area contributed by atoms with Crippen LogP contribution in [0.4, 0.5) is 0 Å². The van der Waals surface area contributed by atoms with E-state index in [9.17, 15) is 9.90 Å². The number of carboxylic acids is 1. The molecule has 3 aromatic rings. The fourth-order valence-corrected chi connectivity index (χ4v) is 4.33. The Kier molecular flexibility index (Phi) is 5.31. The van der Waals surface area contributed by atoms with Crippen molar-refractivity contribution in [3.63, 3.8) is 0 Å². The van der Waals surface area contributed by atoms with Gasteiger partial charge in [-0.05, 0) is 53.4 Å². The molecule has 4 nitrogen and oxygen atoms in total. The maximum absolute atomic E-state index is 11.7. The zero-order chi connectivity index (χ0) is 19.5. The SMILES string of the molecule is COc1cccc(C(c2cccc3ccccc23)N2CCCC(C(=O)O)C2)c1. The molecule has 0 saturated carbocycles. The first-order valence-corrected chi connectivity index (χ1v) is 9.76. The van der Waals surface area contributed by atoms with Gasteiger partial charge in [0.2, 0.25) is 0 Å². The van der Waals surface area contributed by atoms with Crippen LogP contribution in [0.3, 0.4) is 0 Å². The maximum atomic E-state index is 11.7. The number of nitrogens with zero attached hydrogens (tertiary/aromatic N) is 1. The molecule has 3 aromatic carbocycles. The highest BCUT2D eigenvalue weighted by molar-refractivity contribution is 5.86. The quantitative estimate of drug-likeness (QED) is 0.700. The lowest BCUT2D eigenvalue weighted by Crippen LogP contribution is -2.41. The zero-order valence-electron chi connectivity index (χ0n) is 16.0. The van der Waals surface area contributed by atoms with E-state index < -0.39 is 5.97 Å². The van der Waals surface area contributed by atoms with Crippen molar-refractivity contribution in [1.82, 2.24) is 4.90 Å². The molecule has 4 heteroatoms. The second-order valence-electron chi connectivity index (χ2n) is 7.42. The molecule has 1 heterocycles. The van der Waals surface area contributed by atoms with Crippen LogP contribution in [0.15, 0.2) is 66.7 Å². The van der Waals surface area contributed by atoms with Gasteiger partial charge in [-0.3, -0.25) is 9.69 Å². The molecule has 144 valence electrons. The van der Waals surface area contributed by atoms with E-state index in [4.69, 9.17) is 4.74 Å². The monoisotopic (exact) mass is 375 g/mol. The van der Waals surface area contributed by atoms with E-state index >= 15 is 0 Å². The topological polar surface area (TPSA) is 49.8 Å². The summed E-state index contributed by atoms with van der Waals surface area (Å²) in [5.74, 6) is -0.210. The predicted molar refractivity (Wildman–Crippen MR) is 111 cm³/mol. The van der Waals surface area contributed by atoms with Gasteiger partial charge < -0.3 is 9.84 Å². The van der Waals surface area contributed by atoms with Crippen LogP contribution in [-0.4, -0.2) is 36.2 Å². The van der Waals surface area contributed by atoms with Crippen molar-refractivity contribution in [1.29, 1.82) is 0 Å². The second kappa shape index (κ2) is 8.03. The number of hydrogen-bond donors (Lipinski definition) is 1. The molecule has 2 unspecified atom stereocenters. The van der Waals surface area contributed by atoms with Gasteiger partial charge in [-0.25, -0.2) is 0 Å². The first kappa shape index (κ1) is 18.5. The van der Waals surface area contributed by atoms with E-state index in [2.05, 4.69) is 53.4 Å². The molecule has 1 saturated heterocycles. The van der Waals surface area contributed by atoms with Crippen molar-refractivity contribution in [2.24, 2.45) is 5.92 Å². The summed E-state index contributed by atoms with van der Waals surface area (Å²) in [5.41, 5.74) is 2.33. The molecule has 1 N–H and O–H groups in total. The average molecular weight is 375 g/mol. The van der Waals surface area contributed by atoms with Crippen molar-refractivity contribution < 1.29 is 14.6 Å².